The first-order chi connectivity index (χ1) is 6.92. The molecule has 0 aromatic heterocycles. The van der Waals surface area contributed by atoms with Gasteiger partial charge in [-0.1, -0.05) is 18.2 Å². The first kappa shape index (κ1) is 10.1. The highest BCUT2D eigenvalue weighted by Gasteiger charge is 2.56. The van der Waals surface area contributed by atoms with Crippen molar-refractivity contribution in [2.24, 2.45) is 5.92 Å². The summed E-state index contributed by atoms with van der Waals surface area (Å²) in [6, 6.07) is 0. The zero-order valence-corrected chi connectivity index (χ0v) is 10.5. The van der Waals surface area contributed by atoms with Crippen molar-refractivity contribution in [2.45, 2.75) is 17.4 Å². The monoisotopic (exact) mass is 244 g/mol. The van der Waals surface area contributed by atoms with Crippen LogP contribution in [-0.2, 0) is 13.7 Å². The van der Waals surface area contributed by atoms with Crippen LogP contribution in [0, 0.1) is 5.92 Å². The quantitative estimate of drug-likeness (QED) is 0.486. The zero-order valence-electron chi connectivity index (χ0n) is 8.74. The normalized spacial score (nSPS) is 60.9. The van der Waals surface area contributed by atoms with E-state index in [4.69, 9.17) is 4.52 Å². The Kier molecular flexibility index (Phi) is 1.86. The summed E-state index contributed by atoms with van der Waals surface area (Å²) in [6.45, 7) is 3.46. The second-order valence-electron chi connectivity index (χ2n) is 4.82. The number of hydrogen-bond acceptors (Lipinski definition) is 3. The molecular formula is C10H14O3P2. The van der Waals surface area contributed by atoms with E-state index in [-0.39, 0.29) is 23.3 Å². The zero-order chi connectivity index (χ0) is 10.8. The fraction of sp³-hybridized carbons (Fsp3) is 0.600. The van der Waals surface area contributed by atoms with Crippen LogP contribution >= 0.6 is 14.5 Å². The summed E-state index contributed by atoms with van der Waals surface area (Å²) in [5.74, 6) is 2.00. The third-order valence-corrected chi connectivity index (χ3v) is 8.78. The van der Waals surface area contributed by atoms with Gasteiger partial charge >= 0.3 is 0 Å². The highest BCUT2D eigenvalue weighted by Crippen LogP contribution is 2.71. The van der Waals surface area contributed by atoms with E-state index in [0.717, 1.165) is 0 Å². The lowest BCUT2D eigenvalue weighted by Gasteiger charge is -2.45. The topological polar surface area (TPSA) is 43.4 Å². The Labute approximate surface area is 89.4 Å². The Morgan fingerprint density at radius 3 is 2.53 bits per heavy atom. The molecule has 0 unspecified atom stereocenters. The molecule has 0 aromatic rings. The van der Waals surface area contributed by atoms with Crippen molar-refractivity contribution in [1.29, 1.82) is 0 Å². The molecule has 1 aliphatic carbocycles. The van der Waals surface area contributed by atoms with Gasteiger partial charge in [0.25, 0.3) is 0 Å². The van der Waals surface area contributed by atoms with Crippen LogP contribution in [0.15, 0.2) is 24.0 Å². The third-order valence-electron chi connectivity index (χ3n) is 3.69. The smallest absolute Gasteiger partial charge is 0.208 e. The van der Waals surface area contributed by atoms with E-state index in [1.54, 1.807) is 13.3 Å². The molecule has 6 atom stereocenters. The molecule has 0 N–H and O–H groups in total. The summed E-state index contributed by atoms with van der Waals surface area (Å²) in [6.07, 6.45) is 5.80. The number of rotatable bonds is 0. The molecular weight excluding hydrogens is 230 g/mol. The van der Waals surface area contributed by atoms with Gasteiger partial charge in [-0.25, -0.2) is 0 Å². The lowest BCUT2D eigenvalue weighted by atomic mass is 9.91. The maximum Gasteiger partial charge on any atom is 0.208 e. The molecule has 2 bridgehead atoms. The van der Waals surface area contributed by atoms with Gasteiger partial charge in [0.1, 0.15) is 7.14 Å². The van der Waals surface area contributed by atoms with Gasteiger partial charge in [0.15, 0.2) is 0 Å². The fourth-order valence-electron chi connectivity index (χ4n) is 2.98. The minimum Gasteiger partial charge on any atom is -0.320 e. The van der Waals surface area contributed by atoms with Gasteiger partial charge in [-0.2, -0.15) is 0 Å². The molecule has 3 nitrogen and oxygen atoms in total. The molecule has 0 radical (unpaired) electrons. The van der Waals surface area contributed by atoms with Crippen LogP contribution in [0.4, 0.5) is 0 Å². The molecule has 0 saturated carbocycles. The van der Waals surface area contributed by atoms with Crippen LogP contribution in [0.2, 0.25) is 0 Å². The van der Waals surface area contributed by atoms with Crippen molar-refractivity contribution >= 4 is 14.5 Å². The summed E-state index contributed by atoms with van der Waals surface area (Å²) in [5, 5.41) is 0. The molecule has 5 heteroatoms. The Balaban J connectivity index is 2.14. The van der Waals surface area contributed by atoms with Gasteiger partial charge in [-0.15, -0.1) is 0 Å². The van der Waals surface area contributed by atoms with Crippen molar-refractivity contribution in [3.8, 4) is 0 Å². The van der Waals surface area contributed by atoms with Crippen molar-refractivity contribution in [3.63, 3.8) is 0 Å². The number of fused-ring (bicyclic) bond motifs is 1. The van der Waals surface area contributed by atoms with Crippen molar-refractivity contribution in [2.75, 3.05) is 13.3 Å². The Morgan fingerprint density at radius 2 is 1.87 bits per heavy atom. The molecule has 3 aliphatic heterocycles. The van der Waals surface area contributed by atoms with Crippen LogP contribution in [0.3, 0.4) is 0 Å². The lowest BCUT2D eigenvalue weighted by Crippen LogP contribution is -2.44. The summed E-state index contributed by atoms with van der Waals surface area (Å²) in [4.78, 5) is 0. The first-order valence-electron chi connectivity index (χ1n) is 5.12. The molecule has 0 spiro atoms. The lowest BCUT2D eigenvalue weighted by molar-refractivity contribution is 0.169. The maximum absolute atomic E-state index is 12.4. The molecule has 1 saturated heterocycles. The SMILES string of the molecule is C[P@]1(=O)C=C[C@@H]2[C@H]1[C@@H]1C=C[C@H]2O[P@]1(C)=O. The average Bonchev–Trinajstić information content (AvgIpc) is 2.43. The molecule has 82 valence electrons. The predicted molar refractivity (Wildman–Crippen MR) is 61.3 cm³/mol. The molecule has 1 fully saturated rings. The van der Waals surface area contributed by atoms with E-state index in [1.165, 1.54) is 0 Å². The molecule has 3 heterocycles. The predicted octanol–water partition coefficient (Wildman–Crippen LogP) is 2.74. The molecule has 4 aliphatic rings. The molecule has 0 amide bonds. The summed E-state index contributed by atoms with van der Waals surface area (Å²) >= 11 is 0. The minimum atomic E-state index is -2.60. The molecule has 0 aromatic carbocycles. The number of allylic oxidation sites excluding steroid dienone is 1. The maximum atomic E-state index is 12.4. The van der Waals surface area contributed by atoms with Gasteiger partial charge in [0.2, 0.25) is 7.37 Å². The average molecular weight is 244 g/mol. The Bertz CT molecular complexity index is 465. The Hall–Kier alpha value is -0.100. The van der Waals surface area contributed by atoms with Gasteiger partial charge in [0, 0.05) is 18.2 Å². The largest absolute Gasteiger partial charge is 0.320 e. The molecule has 4 rings (SSSR count). The molecule has 15 heavy (non-hydrogen) atoms. The van der Waals surface area contributed by atoms with Crippen LogP contribution < -0.4 is 0 Å². The van der Waals surface area contributed by atoms with Crippen LogP contribution in [0.25, 0.3) is 0 Å². The van der Waals surface area contributed by atoms with Gasteiger partial charge in [-0.05, 0) is 12.5 Å². The summed E-state index contributed by atoms with van der Waals surface area (Å²) < 4.78 is 30.2. The first-order valence-corrected chi connectivity index (χ1v) is 9.55. The highest BCUT2D eigenvalue weighted by atomic mass is 31.2. The van der Waals surface area contributed by atoms with Gasteiger partial charge in [0.05, 0.1) is 11.8 Å². The standard InChI is InChI=1S/C10H14O3P2/c1-14(11)6-5-7-8-3-4-9(10(7)14)15(2,12)13-8/h3-10H,1-2H3/t7-,8+,9-,10-,14-,15-/m0/s1. The van der Waals surface area contributed by atoms with Crippen LogP contribution in [-0.4, -0.2) is 30.8 Å². The van der Waals surface area contributed by atoms with Crippen LogP contribution in [0.1, 0.15) is 0 Å². The number of hydrogen-bond donors (Lipinski definition) is 0. The van der Waals surface area contributed by atoms with E-state index in [9.17, 15) is 9.13 Å². The van der Waals surface area contributed by atoms with E-state index in [0.29, 0.717) is 0 Å². The second kappa shape index (κ2) is 2.77. The summed E-state index contributed by atoms with van der Waals surface area (Å²) in [5.41, 5.74) is -0.115. The third kappa shape index (κ3) is 1.24. The second-order valence-corrected chi connectivity index (χ2v) is 10.5. The van der Waals surface area contributed by atoms with Crippen LogP contribution in [0.5, 0.6) is 0 Å². The van der Waals surface area contributed by atoms with E-state index in [2.05, 4.69) is 0 Å². The van der Waals surface area contributed by atoms with E-state index in [1.807, 2.05) is 24.0 Å². The van der Waals surface area contributed by atoms with Gasteiger partial charge < -0.3 is 9.09 Å². The summed E-state index contributed by atoms with van der Waals surface area (Å²) in [7, 11) is -4.88. The Morgan fingerprint density at radius 1 is 1.13 bits per heavy atom. The highest BCUT2D eigenvalue weighted by molar-refractivity contribution is 7.69. The van der Waals surface area contributed by atoms with Gasteiger partial charge in [-0.3, -0.25) is 4.57 Å². The van der Waals surface area contributed by atoms with Crippen molar-refractivity contribution in [3.05, 3.63) is 24.0 Å². The fourth-order valence-corrected chi connectivity index (χ4v) is 8.90. The minimum absolute atomic E-state index is 0.0251. The van der Waals surface area contributed by atoms with Crippen molar-refractivity contribution in [1.82, 2.24) is 0 Å². The van der Waals surface area contributed by atoms with E-state index >= 15 is 0 Å². The van der Waals surface area contributed by atoms with E-state index < -0.39 is 14.5 Å². The van der Waals surface area contributed by atoms with Crippen molar-refractivity contribution < 1.29 is 13.7 Å².